The first-order valence-corrected chi connectivity index (χ1v) is 6.40. The van der Waals surface area contributed by atoms with Crippen molar-refractivity contribution in [2.24, 2.45) is 10.9 Å². The van der Waals surface area contributed by atoms with E-state index in [1.54, 1.807) is 13.2 Å². The van der Waals surface area contributed by atoms with Gasteiger partial charge in [0.1, 0.15) is 11.6 Å². The van der Waals surface area contributed by atoms with Crippen molar-refractivity contribution in [3.05, 3.63) is 47.7 Å². The summed E-state index contributed by atoms with van der Waals surface area (Å²) in [5.41, 5.74) is 7.96. The Morgan fingerprint density at radius 1 is 1.29 bits per heavy atom. The lowest BCUT2D eigenvalue weighted by Crippen LogP contribution is -2.21. The highest BCUT2D eigenvalue weighted by Crippen LogP contribution is 2.32. The molecule has 0 spiro atoms. The molecule has 0 saturated heterocycles. The SMILES string of the molecule is COc1ccccc1N(C)c1nc(C)ccc1C(N)=NO. The number of pyridine rings is 1. The zero-order valence-electron chi connectivity index (χ0n) is 12.2. The van der Waals surface area contributed by atoms with Crippen LogP contribution >= 0.6 is 0 Å². The molecule has 110 valence electrons. The Morgan fingerprint density at radius 2 is 2.00 bits per heavy atom. The summed E-state index contributed by atoms with van der Waals surface area (Å²) < 4.78 is 5.36. The summed E-state index contributed by atoms with van der Waals surface area (Å²) in [5.74, 6) is 1.32. The van der Waals surface area contributed by atoms with Crippen molar-refractivity contribution in [2.75, 3.05) is 19.1 Å². The van der Waals surface area contributed by atoms with Crippen molar-refractivity contribution < 1.29 is 9.94 Å². The van der Waals surface area contributed by atoms with Gasteiger partial charge < -0.3 is 20.6 Å². The molecule has 0 saturated carbocycles. The summed E-state index contributed by atoms with van der Waals surface area (Å²) in [6.45, 7) is 1.88. The van der Waals surface area contributed by atoms with Gasteiger partial charge in [-0.15, -0.1) is 0 Å². The van der Waals surface area contributed by atoms with Crippen LogP contribution in [-0.2, 0) is 0 Å². The van der Waals surface area contributed by atoms with Crippen LogP contribution in [0.5, 0.6) is 5.75 Å². The van der Waals surface area contributed by atoms with E-state index in [1.165, 1.54) is 0 Å². The molecule has 1 aromatic heterocycles. The van der Waals surface area contributed by atoms with E-state index in [9.17, 15) is 0 Å². The van der Waals surface area contributed by atoms with Crippen LogP contribution in [0.1, 0.15) is 11.3 Å². The van der Waals surface area contributed by atoms with Gasteiger partial charge in [-0.25, -0.2) is 4.98 Å². The minimum Gasteiger partial charge on any atom is -0.495 e. The minimum atomic E-state index is 0.0132. The summed E-state index contributed by atoms with van der Waals surface area (Å²) in [4.78, 5) is 6.34. The molecule has 3 N–H and O–H groups in total. The lowest BCUT2D eigenvalue weighted by atomic mass is 10.2. The van der Waals surface area contributed by atoms with Crippen LogP contribution in [0, 0.1) is 6.92 Å². The molecule has 0 radical (unpaired) electrons. The molecule has 0 aliphatic carbocycles. The number of amidine groups is 1. The fraction of sp³-hybridized carbons (Fsp3) is 0.200. The Morgan fingerprint density at radius 3 is 2.67 bits per heavy atom. The number of ether oxygens (including phenoxy) is 1. The van der Waals surface area contributed by atoms with Crippen LogP contribution in [-0.4, -0.2) is 30.2 Å². The van der Waals surface area contributed by atoms with Gasteiger partial charge in [0.05, 0.1) is 18.4 Å². The summed E-state index contributed by atoms with van der Waals surface area (Å²) in [7, 11) is 3.47. The molecule has 6 heteroatoms. The fourth-order valence-corrected chi connectivity index (χ4v) is 2.07. The maximum Gasteiger partial charge on any atom is 0.173 e. The smallest absolute Gasteiger partial charge is 0.173 e. The van der Waals surface area contributed by atoms with Gasteiger partial charge in [0, 0.05) is 12.7 Å². The van der Waals surface area contributed by atoms with E-state index in [-0.39, 0.29) is 5.84 Å². The number of nitrogens with zero attached hydrogens (tertiary/aromatic N) is 3. The average molecular weight is 286 g/mol. The van der Waals surface area contributed by atoms with Crippen LogP contribution in [0.25, 0.3) is 0 Å². The molecule has 21 heavy (non-hydrogen) atoms. The van der Waals surface area contributed by atoms with E-state index < -0.39 is 0 Å². The molecule has 0 bridgehead atoms. The third kappa shape index (κ3) is 2.89. The first-order chi connectivity index (χ1) is 10.1. The van der Waals surface area contributed by atoms with Crippen LogP contribution in [0.3, 0.4) is 0 Å². The highest BCUT2D eigenvalue weighted by atomic mass is 16.5. The topological polar surface area (TPSA) is 84.0 Å². The second-order valence-electron chi connectivity index (χ2n) is 4.54. The molecular formula is C15H18N4O2. The van der Waals surface area contributed by atoms with Gasteiger partial charge in [-0.1, -0.05) is 17.3 Å². The first-order valence-electron chi connectivity index (χ1n) is 6.40. The molecule has 0 unspecified atom stereocenters. The number of nitrogens with two attached hydrogens (primary N) is 1. The first kappa shape index (κ1) is 14.6. The third-order valence-electron chi connectivity index (χ3n) is 3.16. The zero-order valence-corrected chi connectivity index (χ0v) is 12.2. The summed E-state index contributed by atoms with van der Waals surface area (Å²) >= 11 is 0. The van der Waals surface area contributed by atoms with Crippen molar-refractivity contribution in [1.82, 2.24) is 4.98 Å². The Hall–Kier alpha value is -2.76. The molecule has 1 heterocycles. The number of anilines is 2. The summed E-state index contributed by atoms with van der Waals surface area (Å²) in [6.07, 6.45) is 0. The Bertz CT molecular complexity index is 670. The molecule has 0 fully saturated rings. The van der Waals surface area contributed by atoms with Crippen molar-refractivity contribution in [1.29, 1.82) is 0 Å². The molecule has 6 nitrogen and oxygen atoms in total. The molecule has 0 atom stereocenters. The van der Waals surface area contributed by atoms with E-state index in [0.29, 0.717) is 17.1 Å². The number of hydrogen-bond donors (Lipinski definition) is 2. The number of rotatable bonds is 4. The lowest BCUT2D eigenvalue weighted by Gasteiger charge is -2.23. The number of aromatic nitrogens is 1. The highest BCUT2D eigenvalue weighted by molar-refractivity contribution is 6.02. The number of benzene rings is 1. The maximum absolute atomic E-state index is 8.93. The number of para-hydroxylation sites is 2. The third-order valence-corrected chi connectivity index (χ3v) is 3.16. The van der Waals surface area contributed by atoms with Gasteiger partial charge in [0.2, 0.25) is 0 Å². The van der Waals surface area contributed by atoms with Crippen LogP contribution in [0.4, 0.5) is 11.5 Å². The Kier molecular flexibility index (Phi) is 4.27. The Balaban J connectivity index is 2.57. The van der Waals surface area contributed by atoms with Gasteiger partial charge >= 0.3 is 0 Å². The monoisotopic (exact) mass is 286 g/mol. The molecule has 2 rings (SSSR count). The average Bonchev–Trinajstić information content (AvgIpc) is 2.53. The van der Waals surface area contributed by atoms with Crippen LogP contribution < -0.4 is 15.4 Å². The van der Waals surface area contributed by atoms with E-state index >= 15 is 0 Å². The standard InChI is InChI=1S/C15H18N4O2/c1-10-8-9-11(14(16)18-20)15(17-10)19(2)12-6-4-5-7-13(12)21-3/h4-9,20H,1-3H3,(H2,16,18). The van der Waals surface area contributed by atoms with Gasteiger partial charge in [-0.2, -0.15) is 0 Å². The maximum atomic E-state index is 8.93. The largest absolute Gasteiger partial charge is 0.495 e. The quantitative estimate of drug-likeness (QED) is 0.390. The summed E-state index contributed by atoms with van der Waals surface area (Å²) in [5, 5.41) is 12.0. The second-order valence-corrected chi connectivity index (χ2v) is 4.54. The van der Waals surface area contributed by atoms with Gasteiger partial charge in [-0.05, 0) is 31.2 Å². The number of oxime groups is 1. The van der Waals surface area contributed by atoms with E-state index in [0.717, 1.165) is 11.4 Å². The second kappa shape index (κ2) is 6.13. The minimum absolute atomic E-state index is 0.0132. The normalized spacial score (nSPS) is 11.3. The Labute approximate surface area is 123 Å². The van der Waals surface area contributed by atoms with Crippen molar-refractivity contribution >= 4 is 17.3 Å². The predicted molar refractivity (Wildman–Crippen MR) is 82.5 cm³/mol. The number of aryl methyl sites for hydroxylation is 1. The molecular weight excluding hydrogens is 268 g/mol. The molecule has 0 aliphatic heterocycles. The molecule has 0 aliphatic rings. The van der Waals surface area contributed by atoms with Crippen molar-refractivity contribution in [3.63, 3.8) is 0 Å². The predicted octanol–water partition coefficient (Wildman–Crippen LogP) is 2.26. The fourth-order valence-electron chi connectivity index (χ4n) is 2.07. The van der Waals surface area contributed by atoms with Gasteiger partial charge in [-0.3, -0.25) is 0 Å². The molecule has 1 aromatic carbocycles. The van der Waals surface area contributed by atoms with Crippen molar-refractivity contribution in [3.8, 4) is 5.75 Å². The van der Waals surface area contributed by atoms with E-state index in [1.807, 2.05) is 49.2 Å². The van der Waals surface area contributed by atoms with Crippen LogP contribution in [0.15, 0.2) is 41.6 Å². The molecule has 0 amide bonds. The van der Waals surface area contributed by atoms with Crippen LogP contribution in [0.2, 0.25) is 0 Å². The number of hydrogen-bond acceptors (Lipinski definition) is 5. The van der Waals surface area contributed by atoms with E-state index in [4.69, 9.17) is 15.7 Å². The van der Waals surface area contributed by atoms with Gasteiger partial charge in [0.25, 0.3) is 0 Å². The van der Waals surface area contributed by atoms with Gasteiger partial charge in [0.15, 0.2) is 5.84 Å². The highest BCUT2D eigenvalue weighted by Gasteiger charge is 2.17. The lowest BCUT2D eigenvalue weighted by molar-refractivity contribution is 0.318. The molecule has 2 aromatic rings. The van der Waals surface area contributed by atoms with Crippen molar-refractivity contribution in [2.45, 2.75) is 6.92 Å². The van der Waals surface area contributed by atoms with E-state index in [2.05, 4.69) is 10.1 Å². The zero-order chi connectivity index (χ0) is 15.4. The summed E-state index contributed by atoms with van der Waals surface area (Å²) in [6, 6.07) is 11.2. The number of methoxy groups -OCH3 is 1.